The molecule has 0 atom stereocenters. The molecule has 2 aromatic rings. The smallest absolute Gasteiger partial charge is 0.220 e. The second kappa shape index (κ2) is 6.52. The molecule has 0 unspecified atom stereocenters. The molecule has 0 amide bonds. The van der Waals surface area contributed by atoms with Crippen molar-refractivity contribution in [3.63, 3.8) is 0 Å². The van der Waals surface area contributed by atoms with Crippen molar-refractivity contribution < 1.29 is 4.42 Å². The average molecular weight is 266 g/mol. The molecular weight excluding hydrogens is 250 g/mol. The van der Waals surface area contributed by atoms with E-state index in [2.05, 4.69) is 22.4 Å². The lowest BCUT2D eigenvalue weighted by Crippen LogP contribution is -2.16. The Bertz CT molecular complexity index is 498. The van der Waals surface area contributed by atoms with Crippen LogP contribution in [0.3, 0.4) is 0 Å². The molecule has 2 rings (SSSR count). The molecule has 0 aliphatic rings. The predicted molar refractivity (Wildman–Crippen MR) is 70.8 cm³/mol. The molecule has 0 aliphatic heterocycles. The maximum absolute atomic E-state index is 6.08. The van der Waals surface area contributed by atoms with Crippen molar-refractivity contribution in [3.8, 4) is 0 Å². The summed E-state index contributed by atoms with van der Waals surface area (Å²) < 4.78 is 5.57. The second-order valence-corrected chi connectivity index (χ2v) is 4.37. The Morgan fingerprint density at radius 1 is 1.22 bits per heavy atom. The predicted octanol–water partition coefficient (Wildman–Crippen LogP) is 2.47. The van der Waals surface area contributed by atoms with Crippen molar-refractivity contribution in [2.75, 3.05) is 13.1 Å². The summed E-state index contributed by atoms with van der Waals surface area (Å²) in [6, 6.07) is 7.68. The van der Waals surface area contributed by atoms with Crippen LogP contribution in [0.1, 0.15) is 24.3 Å². The third-order valence-electron chi connectivity index (χ3n) is 2.57. The Balaban J connectivity index is 1.96. The highest BCUT2D eigenvalue weighted by molar-refractivity contribution is 6.31. The van der Waals surface area contributed by atoms with Gasteiger partial charge in [-0.3, -0.25) is 0 Å². The highest BCUT2D eigenvalue weighted by atomic mass is 35.5. The molecule has 96 valence electrons. The lowest BCUT2D eigenvalue weighted by molar-refractivity contribution is 0.452. The van der Waals surface area contributed by atoms with Crippen LogP contribution in [-0.4, -0.2) is 23.3 Å². The zero-order valence-corrected chi connectivity index (χ0v) is 11.1. The second-order valence-electron chi connectivity index (χ2n) is 3.96. The molecular formula is C13H16ClN3O. The molecule has 0 radical (unpaired) electrons. The average Bonchev–Trinajstić information content (AvgIpc) is 2.80. The number of aromatic nitrogens is 2. The van der Waals surface area contributed by atoms with E-state index in [1.54, 1.807) is 0 Å². The summed E-state index contributed by atoms with van der Waals surface area (Å²) in [5.74, 6) is 1.27. The Hall–Kier alpha value is -1.39. The molecule has 0 fully saturated rings. The Morgan fingerprint density at radius 3 is 2.78 bits per heavy atom. The molecule has 1 aromatic carbocycles. The van der Waals surface area contributed by atoms with E-state index in [1.165, 1.54) is 0 Å². The first kappa shape index (κ1) is 13.1. The number of likely N-dealkylation sites (N-methyl/N-ethyl adjacent to an activating group) is 1. The standard InChI is InChI=1S/C13H16ClN3O/c1-2-15-8-7-12-16-17-13(18-12)9-10-5-3-4-6-11(10)14/h3-6,15H,2,7-9H2,1H3. The van der Waals surface area contributed by atoms with Gasteiger partial charge in [-0.1, -0.05) is 36.7 Å². The molecule has 0 saturated carbocycles. The van der Waals surface area contributed by atoms with Crippen LogP contribution in [0.4, 0.5) is 0 Å². The van der Waals surface area contributed by atoms with Gasteiger partial charge in [0.2, 0.25) is 11.8 Å². The van der Waals surface area contributed by atoms with Crippen LogP contribution in [0.15, 0.2) is 28.7 Å². The zero-order valence-electron chi connectivity index (χ0n) is 10.3. The van der Waals surface area contributed by atoms with Gasteiger partial charge in [-0.2, -0.15) is 0 Å². The summed E-state index contributed by atoms with van der Waals surface area (Å²) in [7, 11) is 0. The van der Waals surface area contributed by atoms with E-state index in [1.807, 2.05) is 24.3 Å². The van der Waals surface area contributed by atoms with Crippen LogP contribution in [0.25, 0.3) is 0 Å². The lowest BCUT2D eigenvalue weighted by Gasteiger charge is -1.99. The third kappa shape index (κ3) is 3.55. The van der Waals surface area contributed by atoms with Crippen molar-refractivity contribution in [2.24, 2.45) is 0 Å². The molecule has 0 aliphatic carbocycles. The number of hydrogen-bond acceptors (Lipinski definition) is 4. The van der Waals surface area contributed by atoms with Crippen LogP contribution in [0, 0.1) is 0 Å². The summed E-state index contributed by atoms with van der Waals surface area (Å²) in [5.41, 5.74) is 1.00. The first-order chi connectivity index (χ1) is 8.79. The van der Waals surface area contributed by atoms with Gasteiger partial charge in [-0.05, 0) is 18.2 Å². The van der Waals surface area contributed by atoms with Gasteiger partial charge in [0.05, 0.1) is 6.42 Å². The van der Waals surface area contributed by atoms with Gasteiger partial charge in [0, 0.05) is 18.0 Å². The summed E-state index contributed by atoms with van der Waals surface area (Å²) in [6.07, 6.45) is 1.33. The van der Waals surface area contributed by atoms with Gasteiger partial charge in [-0.25, -0.2) is 0 Å². The van der Waals surface area contributed by atoms with Crippen molar-refractivity contribution >= 4 is 11.6 Å². The minimum Gasteiger partial charge on any atom is -0.425 e. The van der Waals surface area contributed by atoms with Crippen LogP contribution in [0.5, 0.6) is 0 Å². The van der Waals surface area contributed by atoms with Gasteiger partial charge < -0.3 is 9.73 Å². The Labute approximate surface area is 111 Å². The molecule has 4 nitrogen and oxygen atoms in total. The van der Waals surface area contributed by atoms with E-state index in [0.29, 0.717) is 18.2 Å². The minimum absolute atomic E-state index is 0.577. The lowest BCUT2D eigenvalue weighted by atomic mass is 10.1. The minimum atomic E-state index is 0.577. The molecule has 5 heteroatoms. The maximum atomic E-state index is 6.08. The summed E-state index contributed by atoms with van der Waals surface area (Å²) in [6.45, 7) is 3.86. The first-order valence-electron chi connectivity index (χ1n) is 6.05. The fraction of sp³-hybridized carbons (Fsp3) is 0.385. The third-order valence-corrected chi connectivity index (χ3v) is 2.94. The first-order valence-corrected chi connectivity index (χ1v) is 6.42. The zero-order chi connectivity index (χ0) is 12.8. The van der Waals surface area contributed by atoms with Crippen molar-refractivity contribution in [2.45, 2.75) is 19.8 Å². The van der Waals surface area contributed by atoms with Gasteiger partial charge >= 0.3 is 0 Å². The number of nitrogens with zero attached hydrogens (tertiary/aromatic N) is 2. The molecule has 0 saturated heterocycles. The number of benzene rings is 1. The fourth-order valence-corrected chi connectivity index (χ4v) is 1.84. The molecule has 18 heavy (non-hydrogen) atoms. The van der Waals surface area contributed by atoms with E-state index in [0.717, 1.165) is 30.1 Å². The van der Waals surface area contributed by atoms with E-state index in [4.69, 9.17) is 16.0 Å². The molecule has 0 spiro atoms. The summed E-state index contributed by atoms with van der Waals surface area (Å²) in [5, 5.41) is 12.0. The van der Waals surface area contributed by atoms with Crippen molar-refractivity contribution in [3.05, 3.63) is 46.6 Å². The number of hydrogen-bond donors (Lipinski definition) is 1. The van der Waals surface area contributed by atoms with Gasteiger partial charge in [0.25, 0.3) is 0 Å². The maximum Gasteiger partial charge on any atom is 0.220 e. The molecule has 0 bridgehead atoms. The Kier molecular flexibility index (Phi) is 4.73. The monoisotopic (exact) mass is 265 g/mol. The van der Waals surface area contributed by atoms with E-state index in [-0.39, 0.29) is 0 Å². The summed E-state index contributed by atoms with van der Waals surface area (Å²) >= 11 is 6.08. The number of nitrogens with one attached hydrogen (secondary N) is 1. The van der Waals surface area contributed by atoms with Gasteiger partial charge in [0.15, 0.2) is 0 Å². The normalized spacial score (nSPS) is 10.8. The van der Waals surface area contributed by atoms with Crippen LogP contribution < -0.4 is 5.32 Å². The van der Waals surface area contributed by atoms with Gasteiger partial charge in [-0.15, -0.1) is 10.2 Å². The van der Waals surface area contributed by atoms with Crippen LogP contribution in [0.2, 0.25) is 5.02 Å². The Morgan fingerprint density at radius 2 is 2.00 bits per heavy atom. The summed E-state index contributed by atoms with van der Waals surface area (Å²) in [4.78, 5) is 0. The molecule has 1 aromatic heterocycles. The highest BCUT2D eigenvalue weighted by Gasteiger charge is 2.08. The van der Waals surface area contributed by atoms with Crippen molar-refractivity contribution in [1.82, 2.24) is 15.5 Å². The van der Waals surface area contributed by atoms with Crippen LogP contribution >= 0.6 is 11.6 Å². The van der Waals surface area contributed by atoms with E-state index < -0.39 is 0 Å². The van der Waals surface area contributed by atoms with Gasteiger partial charge in [0.1, 0.15) is 0 Å². The van der Waals surface area contributed by atoms with E-state index in [9.17, 15) is 0 Å². The number of halogens is 1. The SMILES string of the molecule is CCNCCc1nnc(Cc2ccccc2Cl)o1. The molecule has 1 N–H and O–H groups in total. The van der Waals surface area contributed by atoms with E-state index >= 15 is 0 Å². The van der Waals surface area contributed by atoms with Crippen LogP contribution in [-0.2, 0) is 12.8 Å². The fourth-order valence-electron chi connectivity index (χ4n) is 1.64. The largest absolute Gasteiger partial charge is 0.425 e. The molecule has 1 heterocycles. The quantitative estimate of drug-likeness (QED) is 0.816. The van der Waals surface area contributed by atoms with Crippen molar-refractivity contribution in [1.29, 1.82) is 0 Å². The highest BCUT2D eigenvalue weighted by Crippen LogP contribution is 2.18. The topological polar surface area (TPSA) is 51.0 Å². The number of rotatable bonds is 6.